The highest BCUT2D eigenvalue weighted by atomic mass is 32.1. The van der Waals surface area contributed by atoms with Crippen molar-refractivity contribution < 1.29 is 0 Å². The maximum atomic E-state index is 5.34. The zero-order valence-electron chi connectivity index (χ0n) is 14.3. The van der Waals surface area contributed by atoms with Crippen LogP contribution < -0.4 is 10.6 Å². The van der Waals surface area contributed by atoms with E-state index in [-0.39, 0.29) is 0 Å². The Hall–Kier alpha value is -2.66. The van der Waals surface area contributed by atoms with Gasteiger partial charge >= 0.3 is 0 Å². The number of aromatic nitrogens is 2. The highest BCUT2D eigenvalue weighted by Gasteiger charge is 2.04. The van der Waals surface area contributed by atoms with Crippen molar-refractivity contribution in [2.75, 3.05) is 11.9 Å². The molecule has 4 nitrogen and oxygen atoms in total. The summed E-state index contributed by atoms with van der Waals surface area (Å²) in [5.74, 6) is 0.755. The SMILES string of the molecule is Cc1ccccc1Cn1ccc(NC(=S)NCCc2ccccc2)n1. The van der Waals surface area contributed by atoms with Gasteiger partial charge in [0.1, 0.15) is 0 Å². The van der Waals surface area contributed by atoms with Crippen LogP contribution in [0.15, 0.2) is 66.9 Å². The Morgan fingerprint density at radius 3 is 2.60 bits per heavy atom. The summed E-state index contributed by atoms with van der Waals surface area (Å²) in [6.07, 6.45) is 2.89. The Labute approximate surface area is 153 Å². The lowest BCUT2D eigenvalue weighted by Crippen LogP contribution is -2.30. The third-order valence-electron chi connectivity index (χ3n) is 4.02. The maximum absolute atomic E-state index is 5.34. The van der Waals surface area contributed by atoms with Crippen LogP contribution in [-0.4, -0.2) is 21.4 Å². The molecule has 0 aliphatic heterocycles. The smallest absolute Gasteiger partial charge is 0.172 e. The molecule has 2 aromatic carbocycles. The molecule has 0 radical (unpaired) electrons. The first-order chi connectivity index (χ1) is 12.2. The normalized spacial score (nSPS) is 10.4. The van der Waals surface area contributed by atoms with E-state index in [0.717, 1.165) is 25.3 Å². The van der Waals surface area contributed by atoms with Gasteiger partial charge in [0.2, 0.25) is 0 Å². The summed E-state index contributed by atoms with van der Waals surface area (Å²) in [7, 11) is 0. The molecule has 1 aromatic heterocycles. The predicted molar refractivity (Wildman–Crippen MR) is 107 cm³/mol. The molecular formula is C20H22N4S. The summed E-state index contributed by atoms with van der Waals surface area (Å²) >= 11 is 5.34. The van der Waals surface area contributed by atoms with Crippen molar-refractivity contribution in [2.45, 2.75) is 19.9 Å². The molecule has 0 saturated carbocycles. The molecule has 1 heterocycles. The first-order valence-electron chi connectivity index (χ1n) is 8.37. The van der Waals surface area contributed by atoms with Crippen molar-refractivity contribution in [3.8, 4) is 0 Å². The van der Waals surface area contributed by atoms with Crippen LogP contribution in [0.1, 0.15) is 16.7 Å². The second-order valence-corrected chi connectivity index (χ2v) is 6.35. The summed E-state index contributed by atoms with van der Waals surface area (Å²) in [6.45, 7) is 3.66. The van der Waals surface area contributed by atoms with Gasteiger partial charge in [-0.05, 0) is 42.3 Å². The van der Waals surface area contributed by atoms with Crippen molar-refractivity contribution >= 4 is 23.1 Å². The molecule has 2 N–H and O–H groups in total. The van der Waals surface area contributed by atoms with E-state index in [0.29, 0.717) is 5.11 Å². The van der Waals surface area contributed by atoms with Gasteiger partial charge in [-0.25, -0.2) is 0 Å². The summed E-state index contributed by atoms with van der Waals surface area (Å²) in [6, 6.07) is 20.6. The highest BCUT2D eigenvalue weighted by molar-refractivity contribution is 7.80. The summed E-state index contributed by atoms with van der Waals surface area (Å²) < 4.78 is 1.91. The molecule has 5 heteroatoms. The Balaban J connectivity index is 1.47. The van der Waals surface area contributed by atoms with Crippen molar-refractivity contribution in [2.24, 2.45) is 0 Å². The van der Waals surface area contributed by atoms with Gasteiger partial charge in [-0.15, -0.1) is 0 Å². The third-order valence-corrected chi connectivity index (χ3v) is 4.26. The molecule has 3 rings (SSSR count). The van der Waals surface area contributed by atoms with Gasteiger partial charge in [-0.2, -0.15) is 5.10 Å². The number of anilines is 1. The Bertz CT molecular complexity index is 826. The van der Waals surface area contributed by atoms with Crippen molar-refractivity contribution in [3.05, 3.63) is 83.6 Å². The lowest BCUT2D eigenvalue weighted by atomic mass is 10.1. The van der Waals surface area contributed by atoms with Crippen LogP contribution in [0.3, 0.4) is 0 Å². The molecule has 0 amide bonds. The highest BCUT2D eigenvalue weighted by Crippen LogP contribution is 2.10. The molecule has 0 unspecified atom stereocenters. The molecular weight excluding hydrogens is 328 g/mol. The van der Waals surface area contributed by atoms with Gasteiger partial charge in [-0.1, -0.05) is 54.6 Å². The van der Waals surface area contributed by atoms with Gasteiger partial charge < -0.3 is 10.6 Å². The zero-order valence-corrected chi connectivity index (χ0v) is 15.1. The van der Waals surface area contributed by atoms with Crippen molar-refractivity contribution in [1.82, 2.24) is 15.1 Å². The lowest BCUT2D eigenvalue weighted by molar-refractivity contribution is 0.687. The number of nitrogens with zero attached hydrogens (tertiary/aromatic N) is 2. The molecule has 0 aliphatic rings. The average Bonchev–Trinajstić information content (AvgIpc) is 3.05. The van der Waals surface area contributed by atoms with Gasteiger partial charge in [0.05, 0.1) is 6.54 Å². The van der Waals surface area contributed by atoms with Crippen LogP contribution in [0.5, 0.6) is 0 Å². The Morgan fingerprint density at radius 2 is 1.80 bits per heavy atom. The predicted octanol–water partition coefficient (Wildman–Crippen LogP) is 3.77. The maximum Gasteiger partial charge on any atom is 0.172 e. The second-order valence-electron chi connectivity index (χ2n) is 5.94. The quantitative estimate of drug-likeness (QED) is 0.664. The first-order valence-corrected chi connectivity index (χ1v) is 8.78. The molecule has 128 valence electrons. The fourth-order valence-corrected chi connectivity index (χ4v) is 2.81. The fraction of sp³-hybridized carbons (Fsp3) is 0.200. The van der Waals surface area contributed by atoms with E-state index >= 15 is 0 Å². The summed E-state index contributed by atoms with van der Waals surface area (Å²) in [5.41, 5.74) is 3.83. The van der Waals surface area contributed by atoms with Crippen molar-refractivity contribution in [3.63, 3.8) is 0 Å². The van der Waals surface area contributed by atoms with Crippen molar-refractivity contribution in [1.29, 1.82) is 0 Å². The van der Waals surface area contributed by atoms with Gasteiger partial charge in [0.15, 0.2) is 10.9 Å². The van der Waals surface area contributed by atoms with E-state index in [2.05, 4.69) is 59.1 Å². The van der Waals surface area contributed by atoms with E-state index in [9.17, 15) is 0 Å². The first kappa shape index (κ1) is 17.2. The van der Waals surface area contributed by atoms with Crippen LogP contribution in [0.2, 0.25) is 0 Å². The minimum atomic E-state index is 0.595. The second kappa shape index (κ2) is 8.44. The van der Waals surface area contributed by atoms with Crippen LogP contribution in [0, 0.1) is 6.92 Å². The monoisotopic (exact) mass is 350 g/mol. The van der Waals surface area contributed by atoms with Crippen LogP contribution in [0.25, 0.3) is 0 Å². The van der Waals surface area contributed by atoms with E-state index in [1.165, 1.54) is 16.7 Å². The van der Waals surface area contributed by atoms with E-state index in [1.54, 1.807) is 0 Å². The van der Waals surface area contributed by atoms with Gasteiger partial charge in [-0.3, -0.25) is 4.68 Å². The summed E-state index contributed by atoms with van der Waals surface area (Å²) in [5, 5.41) is 11.5. The topological polar surface area (TPSA) is 41.9 Å². The molecule has 0 spiro atoms. The number of hydrogen-bond donors (Lipinski definition) is 2. The number of rotatable bonds is 6. The number of benzene rings is 2. The van der Waals surface area contributed by atoms with E-state index < -0.39 is 0 Å². The van der Waals surface area contributed by atoms with Gasteiger partial charge in [0.25, 0.3) is 0 Å². The molecule has 0 bridgehead atoms. The standard InChI is InChI=1S/C20H22N4S/c1-16-7-5-6-10-18(16)15-24-14-12-19(23-24)22-20(25)21-13-11-17-8-3-2-4-9-17/h2-10,12,14H,11,13,15H2,1H3,(H2,21,22,23,25). The van der Waals surface area contributed by atoms with E-state index in [4.69, 9.17) is 12.2 Å². The molecule has 25 heavy (non-hydrogen) atoms. The van der Waals surface area contributed by atoms with Crippen LogP contribution in [-0.2, 0) is 13.0 Å². The molecule has 0 atom stereocenters. The summed E-state index contributed by atoms with van der Waals surface area (Å²) in [4.78, 5) is 0. The number of nitrogens with one attached hydrogen (secondary N) is 2. The van der Waals surface area contributed by atoms with Gasteiger partial charge in [0, 0.05) is 18.8 Å². The van der Waals surface area contributed by atoms with Crippen LogP contribution >= 0.6 is 12.2 Å². The molecule has 0 aliphatic carbocycles. The molecule has 3 aromatic rings. The third kappa shape index (κ3) is 5.16. The van der Waals surface area contributed by atoms with Crippen LogP contribution in [0.4, 0.5) is 5.82 Å². The molecule has 0 saturated heterocycles. The minimum absolute atomic E-state index is 0.595. The Morgan fingerprint density at radius 1 is 1.04 bits per heavy atom. The largest absolute Gasteiger partial charge is 0.362 e. The molecule has 0 fully saturated rings. The number of thiocarbonyl (C=S) groups is 1. The Kier molecular flexibility index (Phi) is 5.80. The average molecular weight is 350 g/mol. The number of hydrogen-bond acceptors (Lipinski definition) is 2. The fourth-order valence-electron chi connectivity index (χ4n) is 2.60. The van der Waals surface area contributed by atoms with E-state index in [1.807, 2.05) is 35.1 Å². The zero-order chi connectivity index (χ0) is 17.5. The lowest BCUT2D eigenvalue weighted by Gasteiger charge is -2.09. The number of aryl methyl sites for hydroxylation is 1. The minimum Gasteiger partial charge on any atom is -0.362 e.